The summed E-state index contributed by atoms with van der Waals surface area (Å²) in [4.78, 5) is 42.8. The highest BCUT2D eigenvalue weighted by Crippen LogP contribution is 2.29. The number of benzene rings is 2. The first kappa shape index (κ1) is 29.3. The second kappa shape index (κ2) is 13.6. The molecule has 2 aromatic heterocycles. The van der Waals surface area contributed by atoms with Crippen molar-refractivity contribution in [1.29, 1.82) is 0 Å². The zero-order valence-corrected chi connectivity index (χ0v) is 23.9. The Kier molecular flexibility index (Phi) is 9.71. The summed E-state index contributed by atoms with van der Waals surface area (Å²) in [6, 6.07) is 16.3. The monoisotopic (exact) mass is 573 g/mol. The highest BCUT2D eigenvalue weighted by Gasteiger charge is 2.39. The Morgan fingerprint density at radius 1 is 1.17 bits per heavy atom. The van der Waals surface area contributed by atoms with E-state index in [9.17, 15) is 14.4 Å². The molecule has 11 heteroatoms. The molecule has 1 aliphatic rings. The summed E-state index contributed by atoms with van der Waals surface area (Å²) in [5.74, 6) is 2.17. The van der Waals surface area contributed by atoms with E-state index in [2.05, 4.69) is 26.4 Å². The van der Waals surface area contributed by atoms with Crippen LogP contribution in [0.25, 0.3) is 10.9 Å². The number of nitrogens with one attached hydrogen (secondary N) is 2. The molecule has 3 heterocycles. The van der Waals surface area contributed by atoms with Crippen molar-refractivity contribution >= 4 is 34.2 Å². The van der Waals surface area contributed by atoms with Crippen LogP contribution in [0.3, 0.4) is 0 Å². The molecule has 0 saturated carbocycles. The third-order valence-electron chi connectivity index (χ3n) is 6.39. The van der Waals surface area contributed by atoms with Gasteiger partial charge in [-0.15, -0.1) is 6.42 Å². The number of ether oxygens (including phenoxy) is 2. The van der Waals surface area contributed by atoms with E-state index in [1.54, 1.807) is 24.3 Å². The van der Waals surface area contributed by atoms with Crippen LogP contribution in [0, 0.1) is 19.3 Å². The molecular weight excluding hydrogens is 542 g/mol. The number of carbonyl (C=O) groups excluding carboxylic acids is 2. The lowest BCUT2D eigenvalue weighted by Gasteiger charge is -2.18. The number of nitrogens with zero attached hydrogens (tertiary/aromatic N) is 3. The molecule has 2 unspecified atom stereocenters. The van der Waals surface area contributed by atoms with Gasteiger partial charge < -0.3 is 19.7 Å². The van der Waals surface area contributed by atoms with Gasteiger partial charge in [0.15, 0.2) is 6.61 Å². The van der Waals surface area contributed by atoms with Crippen molar-refractivity contribution in [2.45, 2.75) is 39.3 Å². The van der Waals surface area contributed by atoms with Gasteiger partial charge in [0, 0.05) is 35.3 Å². The Hall–Kier alpha value is -4.69. The molecule has 0 bridgehead atoms. The zero-order chi connectivity index (χ0) is 29.4. The van der Waals surface area contributed by atoms with Crippen LogP contribution in [0.4, 0.5) is 4.79 Å². The van der Waals surface area contributed by atoms with Crippen molar-refractivity contribution in [3.05, 3.63) is 86.1 Å². The number of pyridine rings is 1. The number of carbonyl (C=O) groups is 2. The molecular formula is C30H31N5O5S. The summed E-state index contributed by atoms with van der Waals surface area (Å²) in [5, 5.41) is 11.0. The maximum atomic E-state index is 13.1. The number of likely N-dealkylation sites (tertiary alicyclic amines) is 1. The van der Waals surface area contributed by atoms with Gasteiger partial charge in [-0.1, -0.05) is 49.3 Å². The third kappa shape index (κ3) is 7.10. The van der Waals surface area contributed by atoms with Crippen LogP contribution in [0.15, 0.2) is 59.4 Å². The van der Waals surface area contributed by atoms with E-state index >= 15 is 0 Å². The van der Waals surface area contributed by atoms with Gasteiger partial charge in [-0.25, -0.2) is 9.89 Å². The second-order valence-electron chi connectivity index (χ2n) is 9.05. The van der Waals surface area contributed by atoms with E-state index in [0.29, 0.717) is 22.9 Å². The number of aromatic nitrogens is 3. The molecule has 2 aromatic carbocycles. The van der Waals surface area contributed by atoms with Gasteiger partial charge in [-0.2, -0.15) is 5.10 Å². The molecule has 0 radical (unpaired) electrons. The molecule has 1 saturated heterocycles. The Morgan fingerprint density at radius 2 is 1.93 bits per heavy atom. The van der Waals surface area contributed by atoms with E-state index in [1.807, 2.05) is 51.1 Å². The average molecular weight is 574 g/mol. The lowest BCUT2D eigenvalue weighted by atomic mass is 10.0. The van der Waals surface area contributed by atoms with Crippen LogP contribution in [-0.2, 0) is 11.3 Å². The standard InChI is InChI=1S/C28H25N5O5S.C2H6/c1-3-12-37-28(36)33-14-22(26-31-32-27(35)39-26)24(15-33)30-25(34)18-8-10-20(11-9-18)38-16-19-13-17(2)29-23-7-5-4-6-21(19)23;1-2/h1,4-11,13,22,24H,12,14-16H2,2H3,(H,30,34)(H,32,35);1-2H3. The summed E-state index contributed by atoms with van der Waals surface area (Å²) < 4.78 is 11.0. The van der Waals surface area contributed by atoms with E-state index in [1.165, 1.54) is 4.90 Å². The number of aromatic amines is 1. The Bertz CT molecular complexity index is 1610. The van der Waals surface area contributed by atoms with Crippen molar-refractivity contribution in [2.75, 3.05) is 19.7 Å². The summed E-state index contributed by atoms with van der Waals surface area (Å²) in [7, 11) is 0. The van der Waals surface area contributed by atoms with E-state index in [4.69, 9.17) is 15.9 Å². The molecule has 1 fully saturated rings. The van der Waals surface area contributed by atoms with Crippen molar-refractivity contribution < 1.29 is 19.1 Å². The van der Waals surface area contributed by atoms with Gasteiger partial charge >= 0.3 is 11.0 Å². The van der Waals surface area contributed by atoms with Crippen LogP contribution < -0.4 is 14.9 Å². The first-order valence-corrected chi connectivity index (χ1v) is 14.0. The lowest BCUT2D eigenvalue weighted by Crippen LogP contribution is -2.40. The van der Waals surface area contributed by atoms with E-state index < -0.39 is 12.1 Å². The molecule has 4 aromatic rings. The Balaban J connectivity index is 0.00000189. The lowest BCUT2D eigenvalue weighted by molar-refractivity contribution is 0.0930. The average Bonchev–Trinajstić information content (AvgIpc) is 3.61. The summed E-state index contributed by atoms with van der Waals surface area (Å²) in [6.45, 7) is 6.57. The van der Waals surface area contributed by atoms with Gasteiger partial charge in [-0.05, 0) is 43.3 Å². The Labute approximate surface area is 241 Å². The molecule has 2 amide bonds. The number of aryl methyl sites for hydroxylation is 1. The van der Waals surface area contributed by atoms with Crippen molar-refractivity contribution in [3.63, 3.8) is 0 Å². The first-order valence-electron chi connectivity index (χ1n) is 13.2. The predicted molar refractivity (Wildman–Crippen MR) is 157 cm³/mol. The summed E-state index contributed by atoms with van der Waals surface area (Å²) >= 11 is 0.945. The van der Waals surface area contributed by atoms with Crippen LogP contribution in [0.2, 0.25) is 0 Å². The highest BCUT2D eigenvalue weighted by atomic mass is 32.1. The molecule has 0 aliphatic carbocycles. The zero-order valence-electron chi connectivity index (χ0n) is 23.0. The molecule has 10 nitrogen and oxygen atoms in total. The predicted octanol–water partition coefficient (Wildman–Crippen LogP) is 4.26. The van der Waals surface area contributed by atoms with Gasteiger partial charge in [0.1, 0.15) is 17.4 Å². The van der Waals surface area contributed by atoms with Crippen LogP contribution in [0.5, 0.6) is 5.75 Å². The van der Waals surface area contributed by atoms with Gasteiger partial charge in [0.2, 0.25) is 0 Å². The highest BCUT2D eigenvalue weighted by molar-refractivity contribution is 7.08. The number of fused-ring (bicyclic) bond motifs is 1. The number of para-hydroxylation sites is 1. The minimum absolute atomic E-state index is 0.155. The fourth-order valence-electron chi connectivity index (χ4n) is 4.57. The molecule has 212 valence electrons. The van der Waals surface area contributed by atoms with Gasteiger partial charge in [0.05, 0.1) is 17.5 Å². The molecule has 1 aliphatic heterocycles. The SMILES string of the molecule is C#CCOC(=O)N1CC(NC(=O)c2ccc(OCc3cc(C)nc4ccccc34)cc2)C(c2n[nH]c(=O)s2)C1.CC. The number of rotatable bonds is 7. The maximum absolute atomic E-state index is 13.1. The number of terminal acetylenes is 1. The quantitative estimate of drug-likeness (QED) is 0.316. The fourth-order valence-corrected chi connectivity index (χ4v) is 5.34. The molecule has 2 atom stereocenters. The molecule has 41 heavy (non-hydrogen) atoms. The van der Waals surface area contributed by atoms with E-state index in [0.717, 1.165) is 33.5 Å². The summed E-state index contributed by atoms with van der Waals surface area (Å²) in [6.07, 6.45) is 4.59. The maximum Gasteiger partial charge on any atom is 0.410 e. The van der Waals surface area contributed by atoms with Gasteiger partial charge in [-0.3, -0.25) is 14.6 Å². The Morgan fingerprint density at radius 3 is 2.63 bits per heavy atom. The molecule has 0 spiro atoms. The fraction of sp³-hybridized carbons (Fsp3) is 0.300. The number of H-pyrrole nitrogens is 1. The molecule has 5 rings (SSSR count). The molecule has 2 N–H and O–H groups in total. The van der Waals surface area contributed by atoms with Crippen molar-refractivity contribution in [1.82, 2.24) is 25.4 Å². The van der Waals surface area contributed by atoms with Crippen LogP contribution >= 0.6 is 11.3 Å². The third-order valence-corrected chi connectivity index (χ3v) is 7.27. The van der Waals surface area contributed by atoms with Crippen LogP contribution in [0.1, 0.15) is 46.4 Å². The van der Waals surface area contributed by atoms with E-state index in [-0.39, 0.29) is 36.4 Å². The number of amides is 2. The summed E-state index contributed by atoms with van der Waals surface area (Å²) in [5.41, 5.74) is 3.28. The van der Waals surface area contributed by atoms with Crippen LogP contribution in [-0.4, -0.2) is 57.8 Å². The van der Waals surface area contributed by atoms with Gasteiger partial charge in [0.25, 0.3) is 5.91 Å². The largest absolute Gasteiger partial charge is 0.489 e. The number of hydrogen-bond acceptors (Lipinski definition) is 8. The number of hydrogen-bond donors (Lipinski definition) is 2. The minimum Gasteiger partial charge on any atom is -0.489 e. The smallest absolute Gasteiger partial charge is 0.410 e. The first-order chi connectivity index (χ1) is 19.9. The van der Waals surface area contributed by atoms with Crippen molar-refractivity contribution in [3.8, 4) is 18.1 Å². The normalized spacial score (nSPS) is 15.9. The van der Waals surface area contributed by atoms with Crippen molar-refractivity contribution in [2.24, 2.45) is 0 Å². The topological polar surface area (TPSA) is 127 Å². The second-order valence-corrected chi connectivity index (χ2v) is 10.0. The minimum atomic E-state index is -0.587.